The van der Waals surface area contributed by atoms with Gasteiger partial charge in [0.05, 0.1) is 29.4 Å². The van der Waals surface area contributed by atoms with E-state index >= 15 is 0 Å². The number of anilines is 2. The molecule has 0 radical (unpaired) electrons. The van der Waals surface area contributed by atoms with Crippen molar-refractivity contribution in [3.05, 3.63) is 88.5 Å². The summed E-state index contributed by atoms with van der Waals surface area (Å²) >= 11 is 0. The van der Waals surface area contributed by atoms with Crippen molar-refractivity contribution in [1.29, 1.82) is 0 Å². The van der Waals surface area contributed by atoms with Crippen LogP contribution in [0.1, 0.15) is 11.6 Å². The van der Waals surface area contributed by atoms with Crippen LogP contribution in [0.5, 0.6) is 11.5 Å². The molecule has 3 aromatic rings. The molecule has 10 nitrogen and oxygen atoms in total. The van der Waals surface area contributed by atoms with E-state index in [0.717, 1.165) is 4.90 Å². The second-order valence-corrected chi connectivity index (χ2v) is 7.88. The minimum atomic E-state index is -1.13. The van der Waals surface area contributed by atoms with E-state index in [0.29, 0.717) is 16.9 Å². The number of hydrogen-bond donors (Lipinski definition) is 1. The van der Waals surface area contributed by atoms with Crippen LogP contribution >= 0.6 is 0 Å². The number of hydroxylamine groups is 1. The number of fused-ring (bicyclic) bond motifs is 1. The quantitative estimate of drug-likeness (QED) is 0.349. The topological polar surface area (TPSA) is 122 Å². The van der Waals surface area contributed by atoms with Gasteiger partial charge in [0, 0.05) is 12.1 Å². The molecule has 3 atom stereocenters. The summed E-state index contributed by atoms with van der Waals surface area (Å²) in [6, 6.07) is 18.1. The zero-order valence-corrected chi connectivity index (χ0v) is 17.9. The van der Waals surface area contributed by atoms with Crippen molar-refractivity contribution in [3.63, 3.8) is 0 Å². The van der Waals surface area contributed by atoms with Crippen molar-refractivity contribution >= 4 is 28.9 Å². The van der Waals surface area contributed by atoms with Crippen LogP contribution in [0.25, 0.3) is 0 Å². The predicted molar refractivity (Wildman–Crippen MR) is 120 cm³/mol. The minimum Gasteiger partial charge on any atom is -0.504 e. The van der Waals surface area contributed by atoms with Gasteiger partial charge in [-0.15, -0.1) is 0 Å². The lowest BCUT2D eigenvalue weighted by Crippen LogP contribution is -2.37. The number of methoxy groups -OCH3 is 1. The summed E-state index contributed by atoms with van der Waals surface area (Å²) in [7, 11) is 1.40. The van der Waals surface area contributed by atoms with Crippen LogP contribution in [-0.4, -0.2) is 35.1 Å². The lowest BCUT2D eigenvalue weighted by Gasteiger charge is -2.29. The smallest absolute Gasteiger partial charge is 0.271 e. The van der Waals surface area contributed by atoms with E-state index in [1.54, 1.807) is 48.5 Å². The van der Waals surface area contributed by atoms with E-state index in [1.807, 2.05) is 0 Å². The molecule has 0 aliphatic carbocycles. The number of imide groups is 1. The fourth-order valence-electron chi connectivity index (χ4n) is 4.43. The minimum absolute atomic E-state index is 0.0941. The van der Waals surface area contributed by atoms with Gasteiger partial charge in [0.15, 0.2) is 17.6 Å². The first kappa shape index (κ1) is 21.4. The van der Waals surface area contributed by atoms with Crippen LogP contribution in [0.15, 0.2) is 72.8 Å². The maximum Gasteiger partial charge on any atom is 0.271 e. The third-order valence-electron chi connectivity index (χ3n) is 5.97. The van der Waals surface area contributed by atoms with Crippen molar-refractivity contribution in [3.8, 4) is 11.5 Å². The molecule has 0 spiro atoms. The summed E-state index contributed by atoms with van der Waals surface area (Å²) in [5.41, 5.74) is 1.11. The molecule has 0 unspecified atom stereocenters. The number of amides is 2. The van der Waals surface area contributed by atoms with Gasteiger partial charge in [-0.1, -0.05) is 30.3 Å². The fourth-order valence-corrected chi connectivity index (χ4v) is 4.43. The average Bonchev–Trinajstić information content (AvgIpc) is 3.36. The van der Waals surface area contributed by atoms with E-state index in [2.05, 4.69) is 0 Å². The van der Waals surface area contributed by atoms with Gasteiger partial charge in [-0.25, -0.2) is 9.96 Å². The third-order valence-corrected chi connectivity index (χ3v) is 5.97. The van der Waals surface area contributed by atoms with Crippen LogP contribution in [0.2, 0.25) is 0 Å². The van der Waals surface area contributed by atoms with Crippen LogP contribution in [0, 0.1) is 16.0 Å². The molecule has 2 saturated heterocycles. The number of phenols is 1. The molecule has 10 heteroatoms. The molecule has 0 aromatic heterocycles. The average molecular weight is 461 g/mol. The van der Waals surface area contributed by atoms with Crippen molar-refractivity contribution in [2.75, 3.05) is 17.1 Å². The number of nitrogens with zero attached hydrogens (tertiary/aromatic N) is 3. The zero-order chi connectivity index (χ0) is 24.0. The highest BCUT2D eigenvalue weighted by molar-refractivity contribution is 6.23. The molecular formula is C24H19N3O7. The second kappa shape index (κ2) is 8.16. The Bertz CT molecular complexity index is 1300. The van der Waals surface area contributed by atoms with E-state index in [1.165, 1.54) is 36.4 Å². The number of benzene rings is 3. The Morgan fingerprint density at radius 2 is 1.71 bits per heavy atom. The molecule has 2 aliphatic rings. The van der Waals surface area contributed by atoms with Gasteiger partial charge in [0.2, 0.25) is 5.91 Å². The molecule has 34 heavy (non-hydrogen) atoms. The molecule has 2 fully saturated rings. The third kappa shape index (κ3) is 3.32. The lowest BCUT2D eigenvalue weighted by atomic mass is 9.90. The lowest BCUT2D eigenvalue weighted by molar-refractivity contribution is -0.384. The fraction of sp³-hybridized carbons (Fsp3) is 0.167. The van der Waals surface area contributed by atoms with Crippen molar-refractivity contribution in [1.82, 2.24) is 0 Å². The molecule has 0 bridgehead atoms. The number of hydrogen-bond acceptors (Lipinski definition) is 8. The first-order valence-corrected chi connectivity index (χ1v) is 10.4. The summed E-state index contributed by atoms with van der Waals surface area (Å²) in [5.74, 6) is -1.82. The number of nitro benzene ring substituents is 1. The molecule has 2 aliphatic heterocycles. The van der Waals surface area contributed by atoms with E-state index in [9.17, 15) is 24.8 Å². The normalized spacial score (nSPS) is 21.6. The monoisotopic (exact) mass is 461 g/mol. The number of non-ortho nitro benzene ring substituents is 1. The predicted octanol–water partition coefficient (Wildman–Crippen LogP) is 3.36. The van der Waals surface area contributed by atoms with Gasteiger partial charge >= 0.3 is 0 Å². The van der Waals surface area contributed by atoms with Crippen LogP contribution < -0.4 is 14.7 Å². The van der Waals surface area contributed by atoms with Gasteiger partial charge in [-0.3, -0.25) is 24.5 Å². The Balaban J connectivity index is 1.62. The van der Waals surface area contributed by atoms with Gasteiger partial charge < -0.3 is 9.84 Å². The van der Waals surface area contributed by atoms with E-state index in [4.69, 9.17) is 9.57 Å². The molecule has 5 rings (SSSR count). The Labute approximate surface area is 193 Å². The van der Waals surface area contributed by atoms with Gasteiger partial charge in [-0.05, 0) is 35.9 Å². The summed E-state index contributed by atoms with van der Waals surface area (Å²) in [4.78, 5) is 44.7. The van der Waals surface area contributed by atoms with Crippen molar-refractivity contribution < 1.29 is 29.2 Å². The van der Waals surface area contributed by atoms with E-state index < -0.39 is 34.8 Å². The first-order chi connectivity index (χ1) is 16.4. The molecule has 2 amide bonds. The van der Waals surface area contributed by atoms with Gasteiger partial charge in [0.1, 0.15) is 5.92 Å². The van der Waals surface area contributed by atoms with Crippen molar-refractivity contribution in [2.45, 2.75) is 12.1 Å². The number of para-hydroxylation sites is 1. The number of rotatable bonds is 5. The summed E-state index contributed by atoms with van der Waals surface area (Å²) in [5, 5.41) is 22.7. The summed E-state index contributed by atoms with van der Waals surface area (Å²) in [6.07, 6.45) is -1.13. The Hall–Kier alpha value is -4.44. The summed E-state index contributed by atoms with van der Waals surface area (Å²) in [6.45, 7) is 0. The number of nitro groups is 1. The van der Waals surface area contributed by atoms with Crippen LogP contribution in [0.3, 0.4) is 0 Å². The summed E-state index contributed by atoms with van der Waals surface area (Å²) < 4.78 is 5.23. The highest BCUT2D eigenvalue weighted by atomic mass is 16.7. The highest BCUT2D eigenvalue weighted by Gasteiger charge is 2.60. The molecule has 1 N–H and O–H groups in total. The number of carbonyl (C=O) groups excluding carboxylic acids is 2. The maximum absolute atomic E-state index is 13.6. The van der Waals surface area contributed by atoms with E-state index in [-0.39, 0.29) is 17.2 Å². The van der Waals surface area contributed by atoms with Gasteiger partial charge in [0.25, 0.3) is 11.6 Å². The standard InChI is InChI=1S/C24H19N3O7/c1-33-19-12-14(10-11-18(19)28)21-20-22(24(30)25(23(20)29)15-6-3-2-4-7-15)34-26(21)16-8-5-9-17(13-16)27(31)32/h2-13,20-22,28H,1H3/t20-,21+,22+/m1/s1. The highest BCUT2D eigenvalue weighted by Crippen LogP contribution is 2.49. The number of aromatic hydroxyl groups is 1. The Kier molecular flexibility index (Phi) is 5.14. The van der Waals surface area contributed by atoms with Crippen LogP contribution in [0.4, 0.5) is 17.1 Å². The first-order valence-electron chi connectivity index (χ1n) is 10.4. The second-order valence-electron chi connectivity index (χ2n) is 7.88. The Morgan fingerprint density at radius 3 is 2.41 bits per heavy atom. The largest absolute Gasteiger partial charge is 0.504 e. The van der Waals surface area contributed by atoms with Crippen LogP contribution in [-0.2, 0) is 14.4 Å². The Morgan fingerprint density at radius 1 is 0.971 bits per heavy atom. The molecule has 0 saturated carbocycles. The SMILES string of the molecule is COc1cc([C@H]2[C@H]3C(=O)N(c4ccccc4)C(=O)[C@H]3ON2c2cccc([N+](=O)[O-])c2)ccc1O. The molecule has 2 heterocycles. The molecule has 172 valence electrons. The number of ether oxygens (including phenoxy) is 1. The zero-order valence-electron chi connectivity index (χ0n) is 17.9. The molecule has 3 aromatic carbocycles. The van der Waals surface area contributed by atoms with Gasteiger partial charge in [-0.2, -0.15) is 0 Å². The van der Waals surface area contributed by atoms with Crippen molar-refractivity contribution in [2.24, 2.45) is 5.92 Å². The number of carbonyl (C=O) groups is 2. The molecular weight excluding hydrogens is 442 g/mol. The maximum atomic E-state index is 13.6. The number of phenolic OH excluding ortho intramolecular Hbond substituents is 1.